The molecular formula is C12H23N3O2. The second-order valence-electron chi connectivity index (χ2n) is 3.80. The molecule has 0 saturated heterocycles. The lowest BCUT2D eigenvalue weighted by atomic mass is 10.2. The van der Waals surface area contributed by atoms with Gasteiger partial charge in [0.15, 0.2) is 0 Å². The summed E-state index contributed by atoms with van der Waals surface area (Å²) in [5.41, 5.74) is 5.35. The predicted molar refractivity (Wildman–Crippen MR) is 68.4 cm³/mol. The van der Waals surface area contributed by atoms with Crippen molar-refractivity contribution in [2.24, 2.45) is 5.73 Å². The lowest BCUT2D eigenvalue weighted by Crippen LogP contribution is -2.28. The second-order valence-corrected chi connectivity index (χ2v) is 3.80. The highest BCUT2D eigenvalue weighted by molar-refractivity contribution is 5.86. The molecule has 0 atom stereocenters. The van der Waals surface area contributed by atoms with Crippen molar-refractivity contribution in [3.05, 3.63) is 12.7 Å². The number of nitrogens with two attached hydrogens (primary N) is 1. The summed E-state index contributed by atoms with van der Waals surface area (Å²) in [5, 5.41) is 5.45. The Bertz CT molecular complexity index is 242. The average molecular weight is 241 g/mol. The van der Waals surface area contributed by atoms with Crippen molar-refractivity contribution in [1.82, 2.24) is 10.6 Å². The van der Waals surface area contributed by atoms with E-state index in [4.69, 9.17) is 5.73 Å². The fraction of sp³-hybridized carbons (Fsp3) is 0.667. The standard InChI is InChI=1S/C12H23N3O2/c1-2-11(16)14-9-6-10-15-12(17)7-4-3-5-8-13/h2H,1,3-10,13H2,(H,14,16)(H,15,17). The van der Waals surface area contributed by atoms with Crippen LogP contribution in [0.5, 0.6) is 0 Å². The van der Waals surface area contributed by atoms with Gasteiger partial charge in [0.25, 0.3) is 0 Å². The number of carbonyl (C=O) groups is 2. The van der Waals surface area contributed by atoms with Crippen molar-refractivity contribution in [2.45, 2.75) is 32.1 Å². The van der Waals surface area contributed by atoms with Crippen LogP contribution < -0.4 is 16.4 Å². The number of rotatable bonds is 10. The van der Waals surface area contributed by atoms with Crippen LogP contribution in [0.2, 0.25) is 0 Å². The zero-order valence-corrected chi connectivity index (χ0v) is 10.3. The highest BCUT2D eigenvalue weighted by Crippen LogP contribution is 1.97. The minimum Gasteiger partial charge on any atom is -0.356 e. The number of hydrogen-bond acceptors (Lipinski definition) is 3. The van der Waals surface area contributed by atoms with Crippen LogP contribution in [0.4, 0.5) is 0 Å². The maximum Gasteiger partial charge on any atom is 0.243 e. The van der Waals surface area contributed by atoms with Crippen molar-refractivity contribution >= 4 is 11.8 Å². The smallest absolute Gasteiger partial charge is 0.243 e. The third-order valence-corrected chi connectivity index (χ3v) is 2.27. The van der Waals surface area contributed by atoms with E-state index < -0.39 is 0 Å². The lowest BCUT2D eigenvalue weighted by Gasteiger charge is -2.05. The fourth-order valence-corrected chi connectivity index (χ4v) is 1.30. The molecule has 0 radical (unpaired) electrons. The topological polar surface area (TPSA) is 84.2 Å². The summed E-state index contributed by atoms with van der Waals surface area (Å²) in [5.74, 6) is -0.116. The number of carbonyl (C=O) groups excluding carboxylic acids is 2. The molecule has 0 aromatic carbocycles. The number of nitrogens with one attached hydrogen (secondary N) is 2. The summed E-state index contributed by atoms with van der Waals surface area (Å²) in [4.78, 5) is 22.1. The summed E-state index contributed by atoms with van der Waals surface area (Å²) >= 11 is 0. The highest BCUT2D eigenvalue weighted by atomic mass is 16.2. The first-order chi connectivity index (χ1) is 8.20. The largest absolute Gasteiger partial charge is 0.356 e. The Morgan fingerprint density at radius 2 is 1.76 bits per heavy atom. The monoisotopic (exact) mass is 241 g/mol. The molecule has 0 aliphatic carbocycles. The molecule has 0 aromatic rings. The zero-order chi connectivity index (χ0) is 12.9. The highest BCUT2D eigenvalue weighted by Gasteiger charge is 2.00. The van der Waals surface area contributed by atoms with E-state index in [9.17, 15) is 9.59 Å². The molecule has 0 spiro atoms. The third kappa shape index (κ3) is 10.9. The van der Waals surface area contributed by atoms with Gasteiger partial charge in [-0.1, -0.05) is 13.0 Å². The van der Waals surface area contributed by atoms with Crippen molar-refractivity contribution in [2.75, 3.05) is 19.6 Å². The summed E-state index contributed by atoms with van der Waals surface area (Å²) in [7, 11) is 0. The Hall–Kier alpha value is -1.36. The van der Waals surface area contributed by atoms with Crippen LogP contribution >= 0.6 is 0 Å². The number of amides is 2. The van der Waals surface area contributed by atoms with Gasteiger partial charge in [-0.25, -0.2) is 0 Å². The first kappa shape index (κ1) is 15.6. The molecule has 0 aliphatic heterocycles. The Morgan fingerprint density at radius 1 is 1.06 bits per heavy atom. The van der Waals surface area contributed by atoms with Gasteiger partial charge in [-0.05, 0) is 31.9 Å². The first-order valence-corrected chi connectivity index (χ1v) is 6.07. The summed E-state index contributed by atoms with van der Waals surface area (Å²) in [6, 6.07) is 0. The minimum absolute atomic E-state index is 0.0667. The molecule has 0 saturated carbocycles. The summed E-state index contributed by atoms with van der Waals surface area (Å²) in [6.07, 6.45) is 5.37. The molecular weight excluding hydrogens is 218 g/mol. The molecule has 5 nitrogen and oxygen atoms in total. The molecule has 0 heterocycles. The normalized spacial score (nSPS) is 9.71. The average Bonchev–Trinajstić information content (AvgIpc) is 2.34. The molecule has 17 heavy (non-hydrogen) atoms. The molecule has 0 aliphatic rings. The van der Waals surface area contributed by atoms with E-state index in [2.05, 4.69) is 17.2 Å². The second kappa shape index (κ2) is 11.1. The van der Waals surface area contributed by atoms with E-state index in [1.807, 2.05) is 0 Å². The van der Waals surface area contributed by atoms with Gasteiger partial charge in [0, 0.05) is 19.5 Å². The molecule has 0 aromatic heterocycles. The Kier molecular flexibility index (Phi) is 10.2. The molecule has 5 heteroatoms. The third-order valence-electron chi connectivity index (χ3n) is 2.27. The first-order valence-electron chi connectivity index (χ1n) is 6.07. The van der Waals surface area contributed by atoms with Gasteiger partial charge in [-0.15, -0.1) is 0 Å². The minimum atomic E-state index is -0.182. The van der Waals surface area contributed by atoms with Crippen LogP contribution in [-0.4, -0.2) is 31.4 Å². The van der Waals surface area contributed by atoms with E-state index in [0.29, 0.717) is 26.1 Å². The molecule has 0 bridgehead atoms. The van der Waals surface area contributed by atoms with Crippen molar-refractivity contribution in [3.63, 3.8) is 0 Å². The van der Waals surface area contributed by atoms with Gasteiger partial charge in [0.1, 0.15) is 0 Å². The summed E-state index contributed by atoms with van der Waals surface area (Å²) < 4.78 is 0. The quantitative estimate of drug-likeness (QED) is 0.380. The van der Waals surface area contributed by atoms with Crippen molar-refractivity contribution in [1.29, 1.82) is 0 Å². The Balaban J connectivity index is 3.27. The van der Waals surface area contributed by atoms with Gasteiger partial charge < -0.3 is 16.4 Å². The number of unbranched alkanes of at least 4 members (excludes halogenated alkanes) is 2. The number of hydrogen-bond donors (Lipinski definition) is 3. The van der Waals surface area contributed by atoms with Gasteiger partial charge >= 0.3 is 0 Å². The lowest BCUT2D eigenvalue weighted by molar-refractivity contribution is -0.121. The molecule has 4 N–H and O–H groups in total. The van der Waals surface area contributed by atoms with Crippen molar-refractivity contribution in [3.8, 4) is 0 Å². The van der Waals surface area contributed by atoms with Crippen LogP contribution in [-0.2, 0) is 9.59 Å². The van der Waals surface area contributed by atoms with Crippen LogP contribution in [0.25, 0.3) is 0 Å². The van der Waals surface area contributed by atoms with E-state index in [0.717, 1.165) is 25.7 Å². The molecule has 0 fully saturated rings. The molecule has 0 unspecified atom stereocenters. The van der Waals surface area contributed by atoms with Gasteiger partial charge in [0.05, 0.1) is 0 Å². The Labute approximate surface area is 103 Å². The fourth-order valence-electron chi connectivity index (χ4n) is 1.30. The maximum absolute atomic E-state index is 11.3. The van der Waals surface area contributed by atoms with Gasteiger partial charge in [0.2, 0.25) is 11.8 Å². The molecule has 98 valence electrons. The van der Waals surface area contributed by atoms with Crippen LogP contribution in [0.15, 0.2) is 12.7 Å². The summed E-state index contributed by atoms with van der Waals surface area (Å²) in [6.45, 7) is 5.18. The zero-order valence-electron chi connectivity index (χ0n) is 10.3. The van der Waals surface area contributed by atoms with E-state index >= 15 is 0 Å². The molecule has 0 rings (SSSR count). The van der Waals surface area contributed by atoms with E-state index in [1.54, 1.807) is 0 Å². The predicted octanol–water partition coefficient (Wildman–Crippen LogP) is 0.314. The molecule has 2 amide bonds. The maximum atomic E-state index is 11.3. The van der Waals surface area contributed by atoms with Crippen LogP contribution in [0, 0.1) is 0 Å². The van der Waals surface area contributed by atoms with E-state index in [-0.39, 0.29) is 11.8 Å². The van der Waals surface area contributed by atoms with Gasteiger partial charge in [-0.3, -0.25) is 9.59 Å². The van der Waals surface area contributed by atoms with Crippen molar-refractivity contribution < 1.29 is 9.59 Å². The van der Waals surface area contributed by atoms with E-state index in [1.165, 1.54) is 6.08 Å². The van der Waals surface area contributed by atoms with Gasteiger partial charge in [-0.2, -0.15) is 0 Å². The van der Waals surface area contributed by atoms with Crippen LogP contribution in [0.3, 0.4) is 0 Å². The van der Waals surface area contributed by atoms with Crippen LogP contribution in [0.1, 0.15) is 32.1 Å². The SMILES string of the molecule is C=CC(=O)NCCCNC(=O)CCCCCN. The Morgan fingerprint density at radius 3 is 2.41 bits per heavy atom.